The van der Waals surface area contributed by atoms with E-state index in [1.54, 1.807) is 6.92 Å². The van der Waals surface area contributed by atoms with Crippen LogP contribution in [-0.4, -0.2) is 37.3 Å². The number of alkyl halides is 6. The van der Waals surface area contributed by atoms with Crippen LogP contribution in [0.15, 0.2) is 67.3 Å². The zero-order chi connectivity index (χ0) is 27.5. The van der Waals surface area contributed by atoms with Crippen molar-refractivity contribution in [2.24, 2.45) is 0 Å². The first kappa shape index (κ1) is 26.5. The molecule has 2 aromatic heterocycles. The molecule has 4 aromatic rings. The molecule has 0 saturated heterocycles. The molecule has 4 rings (SSSR count). The normalized spacial score (nSPS) is 12.4. The van der Waals surface area contributed by atoms with Crippen LogP contribution in [0.2, 0.25) is 0 Å². The maximum absolute atomic E-state index is 13.9. The summed E-state index contributed by atoms with van der Waals surface area (Å²) in [7, 11) is 0. The molecule has 13 heteroatoms. The van der Waals surface area contributed by atoms with E-state index in [-0.39, 0.29) is 17.7 Å². The number of hydrogen-bond acceptors (Lipinski definition) is 6. The molecule has 0 aliphatic carbocycles. The fourth-order valence-corrected chi connectivity index (χ4v) is 3.58. The summed E-state index contributed by atoms with van der Waals surface area (Å²) in [6.07, 6.45) is -4.88. The van der Waals surface area contributed by atoms with Gasteiger partial charge in [0.25, 0.3) is 0 Å². The topological polar surface area (TPSA) is 82.8 Å². The lowest BCUT2D eigenvalue weighted by atomic mass is 10.1. The molecule has 0 unspecified atom stereocenters. The lowest BCUT2D eigenvalue weighted by molar-refractivity contribution is -0.137. The highest BCUT2D eigenvalue weighted by atomic mass is 19.4. The van der Waals surface area contributed by atoms with Crippen molar-refractivity contribution in [3.63, 3.8) is 0 Å². The van der Waals surface area contributed by atoms with E-state index >= 15 is 0 Å². The first-order valence-corrected chi connectivity index (χ1v) is 10.9. The van der Waals surface area contributed by atoms with Gasteiger partial charge in [0.05, 0.1) is 23.3 Å². The lowest BCUT2D eigenvalue weighted by Crippen LogP contribution is -2.11. The van der Waals surface area contributed by atoms with Gasteiger partial charge in [-0.25, -0.2) is 24.4 Å². The molecule has 2 heterocycles. The SMILES string of the molecule is CCOC(=O)/C(=C/n1nc(-c2ccccc2C(F)(F)F)nc1-c1ccccc1C(F)(F)F)c1cncnc1. The summed E-state index contributed by atoms with van der Waals surface area (Å²) in [6, 6.07) is 8.77. The van der Waals surface area contributed by atoms with Crippen molar-refractivity contribution in [2.45, 2.75) is 19.3 Å². The highest BCUT2D eigenvalue weighted by Gasteiger charge is 2.37. The molecule has 0 radical (unpaired) electrons. The predicted octanol–water partition coefficient (Wildman–Crippen LogP) is 6.00. The number of nitrogens with zero attached hydrogens (tertiary/aromatic N) is 5. The summed E-state index contributed by atoms with van der Waals surface area (Å²) in [6.45, 7) is 1.51. The first-order valence-electron chi connectivity index (χ1n) is 10.9. The Morgan fingerprint density at radius 2 is 1.45 bits per heavy atom. The minimum atomic E-state index is -4.82. The van der Waals surface area contributed by atoms with Crippen molar-refractivity contribution in [1.82, 2.24) is 24.7 Å². The van der Waals surface area contributed by atoms with Crippen LogP contribution in [0.25, 0.3) is 34.5 Å². The average Bonchev–Trinajstić information content (AvgIpc) is 3.30. The van der Waals surface area contributed by atoms with E-state index in [9.17, 15) is 31.1 Å². The Kier molecular flexibility index (Phi) is 7.28. The van der Waals surface area contributed by atoms with Gasteiger partial charge in [0.2, 0.25) is 0 Å². The van der Waals surface area contributed by atoms with Crippen LogP contribution in [0.5, 0.6) is 0 Å². The number of ether oxygens (including phenoxy) is 1. The van der Waals surface area contributed by atoms with Crippen LogP contribution in [0.1, 0.15) is 23.6 Å². The molecule has 0 fully saturated rings. The van der Waals surface area contributed by atoms with Crippen molar-refractivity contribution in [1.29, 1.82) is 0 Å². The van der Waals surface area contributed by atoms with Crippen LogP contribution in [0, 0.1) is 0 Å². The van der Waals surface area contributed by atoms with Crippen molar-refractivity contribution >= 4 is 17.7 Å². The third kappa shape index (κ3) is 5.56. The smallest absolute Gasteiger partial charge is 0.417 e. The van der Waals surface area contributed by atoms with Crippen LogP contribution >= 0.6 is 0 Å². The van der Waals surface area contributed by atoms with Crippen LogP contribution in [0.3, 0.4) is 0 Å². The maximum Gasteiger partial charge on any atom is 0.417 e. The van der Waals surface area contributed by atoms with Crippen molar-refractivity contribution in [3.05, 3.63) is 83.9 Å². The second kappa shape index (κ2) is 10.4. The second-order valence-electron chi connectivity index (χ2n) is 7.68. The molecule has 0 N–H and O–H groups in total. The van der Waals surface area contributed by atoms with Crippen LogP contribution in [-0.2, 0) is 21.9 Å². The predicted molar refractivity (Wildman–Crippen MR) is 124 cm³/mol. The minimum Gasteiger partial charge on any atom is -0.462 e. The molecular weight excluding hydrogens is 516 g/mol. The van der Waals surface area contributed by atoms with E-state index in [2.05, 4.69) is 20.1 Å². The molecule has 38 heavy (non-hydrogen) atoms. The van der Waals surface area contributed by atoms with E-state index in [4.69, 9.17) is 4.74 Å². The Hall–Kier alpha value is -4.55. The fraction of sp³-hybridized carbons (Fsp3) is 0.160. The zero-order valence-electron chi connectivity index (χ0n) is 19.5. The van der Waals surface area contributed by atoms with Gasteiger partial charge in [-0.05, 0) is 19.1 Å². The molecule has 7 nitrogen and oxygen atoms in total. The van der Waals surface area contributed by atoms with Crippen molar-refractivity contribution < 1.29 is 35.9 Å². The van der Waals surface area contributed by atoms with E-state index in [0.29, 0.717) is 0 Å². The van der Waals surface area contributed by atoms with E-state index in [1.807, 2.05) is 0 Å². The number of rotatable bonds is 6. The summed E-state index contributed by atoms with van der Waals surface area (Å²) in [5.74, 6) is -1.85. The number of carbonyl (C=O) groups excluding carboxylic acids is 1. The third-order valence-corrected chi connectivity index (χ3v) is 5.20. The number of benzene rings is 2. The Balaban J connectivity index is 2.03. The van der Waals surface area contributed by atoms with Gasteiger partial charge < -0.3 is 4.74 Å². The molecule has 0 amide bonds. The Bertz CT molecular complexity index is 1480. The van der Waals surface area contributed by atoms with Gasteiger partial charge in [0, 0.05) is 35.3 Å². The van der Waals surface area contributed by atoms with E-state index in [1.165, 1.54) is 30.9 Å². The maximum atomic E-state index is 13.9. The molecule has 0 bridgehead atoms. The first-order chi connectivity index (χ1) is 18.0. The molecule has 0 aliphatic heterocycles. The van der Waals surface area contributed by atoms with Crippen molar-refractivity contribution in [3.8, 4) is 22.8 Å². The molecule has 0 atom stereocenters. The summed E-state index contributed by atoms with van der Waals surface area (Å²) >= 11 is 0. The summed E-state index contributed by atoms with van der Waals surface area (Å²) in [4.78, 5) is 24.5. The summed E-state index contributed by atoms with van der Waals surface area (Å²) < 4.78 is 88.6. The van der Waals surface area contributed by atoms with Gasteiger partial charge in [-0.2, -0.15) is 26.3 Å². The molecule has 0 aliphatic rings. The quantitative estimate of drug-likeness (QED) is 0.172. The number of esters is 1. The Morgan fingerprint density at radius 3 is 2.03 bits per heavy atom. The lowest BCUT2D eigenvalue weighted by Gasteiger charge is -2.12. The summed E-state index contributed by atoms with van der Waals surface area (Å²) in [5.41, 5.74) is -3.18. The number of aromatic nitrogens is 5. The van der Waals surface area contributed by atoms with Gasteiger partial charge >= 0.3 is 18.3 Å². The molecule has 0 spiro atoms. The average molecular weight is 533 g/mol. The van der Waals surface area contributed by atoms with Crippen LogP contribution in [0.4, 0.5) is 26.3 Å². The number of hydrogen-bond donors (Lipinski definition) is 0. The monoisotopic (exact) mass is 533 g/mol. The van der Waals surface area contributed by atoms with Crippen molar-refractivity contribution in [2.75, 3.05) is 6.61 Å². The van der Waals surface area contributed by atoms with E-state index < -0.39 is 52.2 Å². The molecular formula is C25H17F6N5O2. The number of carbonyl (C=O) groups is 1. The Morgan fingerprint density at radius 1 is 0.895 bits per heavy atom. The molecule has 0 saturated carbocycles. The highest BCUT2D eigenvalue weighted by Crippen LogP contribution is 2.39. The van der Waals surface area contributed by atoms with E-state index in [0.717, 1.165) is 47.3 Å². The third-order valence-electron chi connectivity index (χ3n) is 5.20. The largest absolute Gasteiger partial charge is 0.462 e. The zero-order valence-corrected chi connectivity index (χ0v) is 19.5. The van der Waals surface area contributed by atoms with Gasteiger partial charge in [-0.15, -0.1) is 5.10 Å². The van der Waals surface area contributed by atoms with Gasteiger partial charge in [0.1, 0.15) is 6.33 Å². The van der Waals surface area contributed by atoms with Gasteiger partial charge in [-0.3, -0.25) is 0 Å². The number of halogens is 6. The fourth-order valence-electron chi connectivity index (χ4n) is 3.58. The highest BCUT2D eigenvalue weighted by molar-refractivity contribution is 6.20. The van der Waals surface area contributed by atoms with Crippen LogP contribution < -0.4 is 0 Å². The summed E-state index contributed by atoms with van der Waals surface area (Å²) in [5, 5.41) is 4.08. The minimum absolute atomic E-state index is 0.0325. The van der Waals surface area contributed by atoms with Gasteiger partial charge in [-0.1, -0.05) is 36.4 Å². The molecule has 2 aromatic carbocycles. The molecule has 196 valence electrons. The van der Waals surface area contributed by atoms with Gasteiger partial charge in [0.15, 0.2) is 11.6 Å². The standard InChI is InChI=1S/C25H17F6N5O2/c1-2-38-23(37)18(15-11-32-14-33-12-15)13-36-22(17-8-4-6-10-20(17)25(29,30)31)34-21(35-36)16-7-3-5-9-19(16)24(26,27)28/h3-14H,2H2,1H3/b18-13+. The Labute approximate surface area is 211 Å². The second-order valence-corrected chi connectivity index (χ2v) is 7.68.